The molecule has 0 unspecified atom stereocenters. The van der Waals surface area contributed by atoms with Gasteiger partial charge in [-0.15, -0.1) is 0 Å². The molecule has 1 N–H and O–H groups in total. The van der Waals surface area contributed by atoms with E-state index in [1.165, 1.54) is 5.56 Å². The predicted molar refractivity (Wildman–Crippen MR) is 65.4 cm³/mol. The molecule has 16 heavy (non-hydrogen) atoms. The first-order chi connectivity index (χ1) is 7.42. The zero-order valence-electron chi connectivity index (χ0n) is 11.0. The zero-order valence-corrected chi connectivity index (χ0v) is 11.0. The van der Waals surface area contributed by atoms with Crippen molar-refractivity contribution in [2.45, 2.75) is 53.3 Å². The van der Waals surface area contributed by atoms with E-state index in [9.17, 15) is 0 Å². The first-order valence-electron chi connectivity index (χ1n) is 5.83. The van der Waals surface area contributed by atoms with Crippen LogP contribution in [-0.2, 0) is 17.9 Å². The van der Waals surface area contributed by atoms with Crippen molar-refractivity contribution < 1.29 is 9.15 Å². The highest BCUT2D eigenvalue weighted by atomic mass is 16.5. The maximum atomic E-state index is 5.72. The van der Waals surface area contributed by atoms with Crippen LogP contribution in [0.2, 0.25) is 0 Å². The maximum Gasteiger partial charge on any atom is 0.130 e. The third-order valence-electron chi connectivity index (χ3n) is 2.30. The summed E-state index contributed by atoms with van der Waals surface area (Å²) in [5.74, 6) is 1.91. The van der Waals surface area contributed by atoms with Gasteiger partial charge in [0.2, 0.25) is 0 Å². The van der Waals surface area contributed by atoms with Crippen LogP contribution in [0.5, 0.6) is 0 Å². The molecule has 92 valence electrons. The Morgan fingerprint density at radius 3 is 2.62 bits per heavy atom. The number of furan rings is 1. The molecule has 0 saturated carbocycles. The highest BCUT2D eigenvalue weighted by molar-refractivity contribution is 5.19. The van der Waals surface area contributed by atoms with Crippen molar-refractivity contribution in [3.63, 3.8) is 0 Å². The van der Waals surface area contributed by atoms with Crippen molar-refractivity contribution in [1.82, 2.24) is 5.32 Å². The van der Waals surface area contributed by atoms with Crippen molar-refractivity contribution in [3.05, 3.63) is 23.2 Å². The SMILES string of the molecule is CCOCc1cc(C)c(CNC(C)(C)C)o1. The smallest absolute Gasteiger partial charge is 0.130 e. The van der Waals surface area contributed by atoms with Gasteiger partial charge in [0, 0.05) is 12.1 Å². The van der Waals surface area contributed by atoms with E-state index in [1.807, 2.05) is 6.92 Å². The van der Waals surface area contributed by atoms with Crippen molar-refractivity contribution in [2.75, 3.05) is 6.61 Å². The Hall–Kier alpha value is -0.800. The van der Waals surface area contributed by atoms with Crippen molar-refractivity contribution in [2.24, 2.45) is 0 Å². The largest absolute Gasteiger partial charge is 0.462 e. The molecule has 0 aromatic carbocycles. The molecule has 1 aromatic heterocycles. The second-order valence-corrected chi connectivity index (χ2v) is 5.06. The zero-order chi connectivity index (χ0) is 12.2. The van der Waals surface area contributed by atoms with Gasteiger partial charge in [0.1, 0.15) is 18.1 Å². The number of hydrogen-bond acceptors (Lipinski definition) is 3. The number of nitrogens with one attached hydrogen (secondary N) is 1. The monoisotopic (exact) mass is 225 g/mol. The van der Waals surface area contributed by atoms with Gasteiger partial charge in [-0.25, -0.2) is 0 Å². The Bertz CT molecular complexity index is 323. The molecule has 0 amide bonds. The highest BCUT2D eigenvalue weighted by Crippen LogP contribution is 2.16. The first-order valence-corrected chi connectivity index (χ1v) is 5.83. The van der Waals surface area contributed by atoms with Gasteiger partial charge in [0.05, 0.1) is 6.54 Å². The van der Waals surface area contributed by atoms with Gasteiger partial charge in [-0.2, -0.15) is 0 Å². The highest BCUT2D eigenvalue weighted by Gasteiger charge is 2.12. The minimum atomic E-state index is 0.110. The lowest BCUT2D eigenvalue weighted by Gasteiger charge is -2.19. The standard InChI is InChI=1S/C13H23NO2/c1-6-15-9-11-7-10(2)12(16-11)8-14-13(3,4)5/h7,14H,6,8-9H2,1-5H3. The van der Waals surface area contributed by atoms with Crippen molar-refractivity contribution in [3.8, 4) is 0 Å². The lowest BCUT2D eigenvalue weighted by atomic mass is 10.1. The van der Waals surface area contributed by atoms with Gasteiger partial charge >= 0.3 is 0 Å². The fraction of sp³-hybridized carbons (Fsp3) is 0.692. The fourth-order valence-electron chi connectivity index (χ4n) is 1.38. The molecule has 0 saturated heterocycles. The molecule has 0 fully saturated rings. The van der Waals surface area contributed by atoms with Gasteiger partial charge in [-0.1, -0.05) is 0 Å². The molecule has 0 spiro atoms. The van der Waals surface area contributed by atoms with E-state index < -0.39 is 0 Å². The second kappa shape index (κ2) is 5.51. The van der Waals surface area contributed by atoms with E-state index in [0.29, 0.717) is 6.61 Å². The van der Waals surface area contributed by atoms with Crippen LogP contribution in [0, 0.1) is 6.92 Å². The van der Waals surface area contributed by atoms with Gasteiger partial charge in [0.25, 0.3) is 0 Å². The number of aryl methyl sites for hydroxylation is 1. The molecule has 0 aliphatic rings. The van der Waals surface area contributed by atoms with Gasteiger partial charge in [-0.05, 0) is 46.2 Å². The summed E-state index contributed by atoms with van der Waals surface area (Å²) >= 11 is 0. The van der Waals surface area contributed by atoms with E-state index in [4.69, 9.17) is 9.15 Å². The van der Waals surface area contributed by atoms with Crippen molar-refractivity contribution >= 4 is 0 Å². The normalized spacial score (nSPS) is 12.1. The van der Waals surface area contributed by atoms with Crippen LogP contribution in [0.3, 0.4) is 0 Å². The second-order valence-electron chi connectivity index (χ2n) is 5.06. The molecule has 0 atom stereocenters. The summed E-state index contributed by atoms with van der Waals surface area (Å²) in [7, 11) is 0. The van der Waals surface area contributed by atoms with Crippen LogP contribution >= 0.6 is 0 Å². The summed E-state index contributed by atoms with van der Waals surface area (Å²) in [6, 6.07) is 2.05. The molecule has 1 rings (SSSR count). The average Bonchev–Trinajstić information content (AvgIpc) is 2.52. The Morgan fingerprint density at radius 1 is 1.38 bits per heavy atom. The summed E-state index contributed by atoms with van der Waals surface area (Å²) in [6.45, 7) is 12.5. The number of rotatable bonds is 5. The summed E-state index contributed by atoms with van der Waals surface area (Å²) in [5, 5.41) is 3.41. The summed E-state index contributed by atoms with van der Waals surface area (Å²) in [6.07, 6.45) is 0. The predicted octanol–water partition coefficient (Wildman–Crippen LogP) is 3.01. The van der Waals surface area contributed by atoms with Crippen LogP contribution < -0.4 is 5.32 Å². The topological polar surface area (TPSA) is 34.4 Å². The third-order valence-corrected chi connectivity index (χ3v) is 2.30. The molecular weight excluding hydrogens is 202 g/mol. The molecular formula is C13H23NO2. The van der Waals surface area contributed by atoms with E-state index in [1.54, 1.807) is 0 Å². The minimum Gasteiger partial charge on any atom is -0.462 e. The van der Waals surface area contributed by atoms with Gasteiger partial charge in [0.15, 0.2) is 0 Å². The van der Waals surface area contributed by atoms with Crippen LogP contribution in [0.1, 0.15) is 44.8 Å². The van der Waals surface area contributed by atoms with Crippen molar-refractivity contribution in [1.29, 1.82) is 0 Å². The lowest BCUT2D eigenvalue weighted by molar-refractivity contribution is 0.117. The molecule has 3 heteroatoms. The van der Waals surface area contributed by atoms with Crippen LogP contribution in [-0.4, -0.2) is 12.1 Å². The molecule has 3 nitrogen and oxygen atoms in total. The first kappa shape index (κ1) is 13.3. The van der Waals surface area contributed by atoms with E-state index in [0.717, 1.165) is 24.7 Å². The molecule has 0 bridgehead atoms. The van der Waals surface area contributed by atoms with E-state index in [-0.39, 0.29) is 5.54 Å². The molecule has 1 aromatic rings. The fourth-order valence-corrected chi connectivity index (χ4v) is 1.38. The average molecular weight is 225 g/mol. The molecule has 0 aliphatic carbocycles. The lowest BCUT2D eigenvalue weighted by Crippen LogP contribution is -2.35. The molecule has 0 aliphatic heterocycles. The van der Waals surface area contributed by atoms with Gasteiger partial charge < -0.3 is 14.5 Å². The van der Waals surface area contributed by atoms with Crippen LogP contribution in [0.25, 0.3) is 0 Å². The van der Waals surface area contributed by atoms with Crippen LogP contribution in [0.4, 0.5) is 0 Å². The summed E-state index contributed by atoms with van der Waals surface area (Å²) in [5.41, 5.74) is 1.30. The van der Waals surface area contributed by atoms with E-state index >= 15 is 0 Å². The number of hydrogen-bond donors (Lipinski definition) is 1. The minimum absolute atomic E-state index is 0.110. The summed E-state index contributed by atoms with van der Waals surface area (Å²) < 4.78 is 11.0. The Kier molecular flexibility index (Phi) is 4.56. The Morgan fingerprint density at radius 2 is 2.06 bits per heavy atom. The molecule has 1 heterocycles. The Labute approximate surface area is 98.2 Å². The van der Waals surface area contributed by atoms with Crippen LogP contribution in [0.15, 0.2) is 10.5 Å². The summed E-state index contributed by atoms with van der Waals surface area (Å²) in [4.78, 5) is 0. The molecule has 0 radical (unpaired) electrons. The third kappa shape index (κ3) is 4.37. The van der Waals surface area contributed by atoms with Gasteiger partial charge in [-0.3, -0.25) is 0 Å². The maximum absolute atomic E-state index is 5.72. The quantitative estimate of drug-likeness (QED) is 0.836. The Balaban J connectivity index is 2.56. The number of ether oxygens (including phenoxy) is 1. The van der Waals surface area contributed by atoms with E-state index in [2.05, 4.69) is 39.1 Å².